The molecule has 8 heteroatoms. The molecule has 7 nitrogen and oxygen atoms in total. The molecule has 2 aliphatic heterocycles. The van der Waals surface area contributed by atoms with E-state index >= 15 is 0 Å². The van der Waals surface area contributed by atoms with Gasteiger partial charge in [-0.1, -0.05) is 31.2 Å². The van der Waals surface area contributed by atoms with E-state index in [1.807, 2.05) is 48.5 Å². The van der Waals surface area contributed by atoms with E-state index in [9.17, 15) is 8.42 Å². The van der Waals surface area contributed by atoms with Crippen LogP contribution in [0.2, 0.25) is 0 Å². The summed E-state index contributed by atoms with van der Waals surface area (Å²) in [4.78, 5) is 2.64. The van der Waals surface area contributed by atoms with E-state index in [1.165, 1.54) is 0 Å². The highest BCUT2D eigenvalue weighted by atomic mass is 32.2. The SMILES string of the molecule is CC1CCN(CC(CNS(=O)(=O)c2ccc(Oc3ccccc3)cc2)c2ccc3c(c2)OCO3)CC1. The summed E-state index contributed by atoms with van der Waals surface area (Å²) in [5, 5.41) is 0. The molecule has 0 aliphatic carbocycles. The molecule has 3 aromatic rings. The number of benzene rings is 3. The van der Waals surface area contributed by atoms with Crippen LogP contribution in [0.25, 0.3) is 0 Å². The summed E-state index contributed by atoms with van der Waals surface area (Å²) in [6.07, 6.45) is 2.33. The average Bonchev–Trinajstić information content (AvgIpc) is 3.37. The Balaban J connectivity index is 1.28. The molecule has 190 valence electrons. The Kier molecular flexibility index (Phi) is 7.46. The van der Waals surface area contributed by atoms with Crippen molar-refractivity contribution in [2.45, 2.75) is 30.6 Å². The number of hydrogen-bond acceptors (Lipinski definition) is 6. The zero-order valence-electron chi connectivity index (χ0n) is 20.4. The van der Waals surface area contributed by atoms with Crippen molar-refractivity contribution in [1.82, 2.24) is 9.62 Å². The minimum atomic E-state index is -3.69. The quantitative estimate of drug-likeness (QED) is 0.438. The van der Waals surface area contributed by atoms with Gasteiger partial charge in [0.25, 0.3) is 0 Å². The fourth-order valence-corrected chi connectivity index (χ4v) is 5.70. The van der Waals surface area contributed by atoms with Crippen LogP contribution in [-0.2, 0) is 10.0 Å². The van der Waals surface area contributed by atoms with Crippen molar-refractivity contribution in [3.8, 4) is 23.0 Å². The lowest BCUT2D eigenvalue weighted by atomic mass is 9.95. The molecule has 36 heavy (non-hydrogen) atoms. The van der Waals surface area contributed by atoms with Crippen molar-refractivity contribution >= 4 is 10.0 Å². The number of sulfonamides is 1. The minimum Gasteiger partial charge on any atom is -0.457 e. The van der Waals surface area contributed by atoms with Gasteiger partial charge < -0.3 is 19.1 Å². The van der Waals surface area contributed by atoms with Gasteiger partial charge in [0.2, 0.25) is 16.8 Å². The number of nitrogens with zero attached hydrogens (tertiary/aromatic N) is 1. The lowest BCUT2D eigenvalue weighted by Crippen LogP contribution is -2.39. The Morgan fingerprint density at radius 1 is 0.944 bits per heavy atom. The lowest BCUT2D eigenvalue weighted by Gasteiger charge is -2.33. The van der Waals surface area contributed by atoms with Gasteiger partial charge in [-0.15, -0.1) is 0 Å². The molecule has 2 heterocycles. The molecule has 0 saturated carbocycles. The predicted molar refractivity (Wildman–Crippen MR) is 138 cm³/mol. The van der Waals surface area contributed by atoms with Crippen LogP contribution in [0.15, 0.2) is 77.7 Å². The highest BCUT2D eigenvalue weighted by Crippen LogP contribution is 2.35. The fourth-order valence-electron chi connectivity index (χ4n) is 4.62. The number of piperidine rings is 1. The summed E-state index contributed by atoms with van der Waals surface area (Å²) in [6.45, 7) is 5.62. The number of para-hydroxylation sites is 1. The van der Waals surface area contributed by atoms with Crippen LogP contribution in [0, 0.1) is 5.92 Å². The van der Waals surface area contributed by atoms with E-state index in [2.05, 4.69) is 16.5 Å². The van der Waals surface area contributed by atoms with Gasteiger partial charge >= 0.3 is 0 Å². The van der Waals surface area contributed by atoms with E-state index in [0.29, 0.717) is 17.2 Å². The first-order chi connectivity index (χ1) is 17.5. The maximum absolute atomic E-state index is 13.1. The molecule has 0 radical (unpaired) electrons. The van der Waals surface area contributed by atoms with Crippen LogP contribution in [0.5, 0.6) is 23.0 Å². The normalized spacial score (nSPS) is 17.1. The maximum Gasteiger partial charge on any atom is 0.240 e. The van der Waals surface area contributed by atoms with Gasteiger partial charge in [-0.25, -0.2) is 13.1 Å². The van der Waals surface area contributed by atoms with Gasteiger partial charge in [0.05, 0.1) is 4.90 Å². The van der Waals surface area contributed by atoms with E-state index in [1.54, 1.807) is 24.3 Å². The third-order valence-corrected chi connectivity index (χ3v) is 8.30. The molecule has 0 aromatic heterocycles. The first kappa shape index (κ1) is 24.6. The second-order valence-corrected chi connectivity index (χ2v) is 11.3. The molecule has 3 aromatic carbocycles. The maximum atomic E-state index is 13.1. The summed E-state index contributed by atoms with van der Waals surface area (Å²) >= 11 is 0. The molecule has 1 fully saturated rings. The lowest BCUT2D eigenvalue weighted by molar-refractivity contribution is 0.173. The Morgan fingerprint density at radius 2 is 1.64 bits per heavy atom. The molecular formula is C28H32N2O5S. The summed E-state index contributed by atoms with van der Waals surface area (Å²) < 4.78 is 46.0. The second-order valence-electron chi connectivity index (χ2n) is 9.53. The second kappa shape index (κ2) is 10.9. The van der Waals surface area contributed by atoms with Crippen LogP contribution in [-0.4, -0.2) is 46.3 Å². The number of hydrogen-bond donors (Lipinski definition) is 1. The van der Waals surface area contributed by atoms with Crippen molar-refractivity contribution in [3.05, 3.63) is 78.4 Å². The summed E-state index contributed by atoms with van der Waals surface area (Å²) in [5.41, 5.74) is 1.03. The van der Waals surface area contributed by atoms with Crippen LogP contribution < -0.4 is 18.9 Å². The number of likely N-dealkylation sites (tertiary alicyclic amines) is 1. The molecule has 1 unspecified atom stereocenters. The van der Waals surface area contributed by atoms with E-state index in [0.717, 1.165) is 49.7 Å². The summed E-state index contributed by atoms with van der Waals surface area (Å²) in [7, 11) is -3.69. The van der Waals surface area contributed by atoms with E-state index < -0.39 is 10.0 Å². The predicted octanol–water partition coefficient (Wildman–Crippen LogP) is 5.00. The Labute approximate surface area is 213 Å². The Hall–Kier alpha value is -3.07. The molecule has 0 bridgehead atoms. The first-order valence-corrected chi connectivity index (χ1v) is 13.9. The Morgan fingerprint density at radius 3 is 2.39 bits per heavy atom. The van der Waals surface area contributed by atoms with Crippen molar-refractivity contribution in [2.24, 2.45) is 5.92 Å². The van der Waals surface area contributed by atoms with E-state index in [-0.39, 0.29) is 24.2 Å². The molecule has 1 N–H and O–H groups in total. The standard InChI is InChI=1S/C28H32N2O5S/c1-21-13-15-30(16-14-21)19-23(22-7-12-27-28(17-22)34-20-33-27)18-29-36(31,32)26-10-8-25(9-11-26)35-24-5-3-2-4-6-24/h2-12,17,21,23,29H,13-16,18-20H2,1H3. The van der Waals surface area contributed by atoms with Gasteiger partial charge in [-0.2, -0.15) is 0 Å². The molecular weight excluding hydrogens is 476 g/mol. The van der Waals surface area contributed by atoms with Crippen LogP contribution in [0.3, 0.4) is 0 Å². The van der Waals surface area contributed by atoms with Gasteiger partial charge in [0.1, 0.15) is 11.5 Å². The van der Waals surface area contributed by atoms with Crippen LogP contribution >= 0.6 is 0 Å². The number of rotatable bonds is 9. The van der Waals surface area contributed by atoms with Gasteiger partial charge in [0.15, 0.2) is 11.5 Å². The fraction of sp³-hybridized carbons (Fsp3) is 0.357. The smallest absolute Gasteiger partial charge is 0.240 e. The summed E-state index contributed by atoms with van der Waals surface area (Å²) in [5.74, 6) is 3.42. The zero-order chi connectivity index (χ0) is 25.0. The topological polar surface area (TPSA) is 77.1 Å². The molecule has 2 aliphatic rings. The highest BCUT2D eigenvalue weighted by molar-refractivity contribution is 7.89. The Bertz CT molecular complexity index is 1260. The molecule has 0 spiro atoms. The zero-order valence-corrected chi connectivity index (χ0v) is 21.2. The van der Waals surface area contributed by atoms with Crippen LogP contribution in [0.4, 0.5) is 0 Å². The number of nitrogens with one attached hydrogen (secondary N) is 1. The van der Waals surface area contributed by atoms with Crippen molar-refractivity contribution < 1.29 is 22.6 Å². The molecule has 1 saturated heterocycles. The van der Waals surface area contributed by atoms with Gasteiger partial charge in [-0.3, -0.25) is 0 Å². The van der Waals surface area contributed by atoms with Gasteiger partial charge in [-0.05, 0) is 85.9 Å². The van der Waals surface area contributed by atoms with E-state index in [4.69, 9.17) is 14.2 Å². The van der Waals surface area contributed by atoms with Crippen LogP contribution in [0.1, 0.15) is 31.2 Å². The minimum absolute atomic E-state index is 0.0247. The molecule has 5 rings (SSSR count). The number of ether oxygens (including phenoxy) is 3. The third kappa shape index (κ3) is 6.00. The summed E-state index contributed by atoms with van der Waals surface area (Å²) in [6, 6.07) is 21.8. The average molecular weight is 509 g/mol. The third-order valence-electron chi connectivity index (χ3n) is 6.86. The number of fused-ring (bicyclic) bond motifs is 1. The molecule has 1 atom stereocenters. The van der Waals surface area contributed by atoms with Crippen molar-refractivity contribution in [2.75, 3.05) is 33.0 Å². The van der Waals surface area contributed by atoms with Crippen molar-refractivity contribution in [1.29, 1.82) is 0 Å². The molecule has 0 amide bonds. The monoisotopic (exact) mass is 508 g/mol. The van der Waals surface area contributed by atoms with Crippen molar-refractivity contribution in [3.63, 3.8) is 0 Å². The largest absolute Gasteiger partial charge is 0.457 e. The highest BCUT2D eigenvalue weighted by Gasteiger charge is 2.25. The van der Waals surface area contributed by atoms with Gasteiger partial charge in [0, 0.05) is 19.0 Å². The first-order valence-electron chi connectivity index (χ1n) is 12.4.